The van der Waals surface area contributed by atoms with Crippen LogP contribution in [0.4, 0.5) is 4.39 Å². The lowest BCUT2D eigenvalue weighted by Crippen LogP contribution is -1.98. The molecule has 0 fully saturated rings. The number of hydrogen-bond acceptors (Lipinski definition) is 4. The first-order chi connectivity index (χ1) is 9.35. The predicted octanol–water partition coefficient (Wildman–Crippen LogP) is 3.79. The third kappa shape index (κ3) is 2.91. The summed E-state index contributed by atoms with van der Waals surface area (Å²) in [7, 11) is -4.38. The highest BCUT2D eigenvalue weighted by atomic mass is 32.1. The molecule has 0 spiro atoms. The van der Waals surface area contributed by atoms with Gasteiger partial charge in [0.2, 0.25) is 5.91 Å². The van der Waals surface area contributed by atoms with E-state index in [4.69, 9.17) is 5.11 Å². The molecule has 0 saturated heterocycles. The van der Waals surface area contributed by atoms with E-state index in [0.717, 1.165) is 11.3 Å². The smallest absolute Gasteiger partial charge is 0.366 e. The second-order valence-electron chi connectivity index (χ2n) is 4.03. The number of fused-ring (bicyclic) bond motifs is 1. The van der Waals surface area contributed by atoms with Crippen molar-refractivity contribution in [1.29, 1.82) is 0 Å². The molecule has 2 atom stereocenters. The third-order valence-electron chi connectivity index (χ3n) is 2.63. The van der Waals surface area contributed by atoms with E-state index in [-0.39, 0.29) is 17.0 Å². The molecule has 108 valence electrons. The van der Waals surface area contributed by atoms with Crippen LogP contribution >= 0.6 is 18.9 Å². The van der Waals surface area contributed by atoms with E-state index in [1.165, 1.54) is 31.2 Å². The zero-order valence-electron chi connectivity index (χ0n) is 10.4. The van der Waals surface area contributed by atoms with Crippen molar-refractivity contribution < 1.29 is 28.3 Å². The van der Waals surface area contributed by atoms with E-state index >= 15 is 0 Å². The fourth-order valence-corrected chi connectivity index (χ4v) is 3.67. The number of carbonyl (C=O) groups is 1. The largest absolute Gasteiger partial charge is 0.477 e. The van der Waals surface area contributed by atoms with Gasteiger partial charge in [-0.2, -0.15) is 0 Å². The molecule has 1 heterocycles. The van der Waals surface area contributed by atoms with Gasteiger partial charge in [-0.15, -0.1) is 11.3 Å². The summed E-state index contributed by atoms with van der Waals surface area (Å²) in [6.45, 7) is 1.43. The molecule has 0 amide bonds. The van der Waals surface area contributed by atoms with Crippen molar-refractivity contribution in [1.82, 2.24) is 0 Å². The van der Waals surface area contributed by atoms with Crippen LogP contribution in [0.2, 0.25) is 0 Å². The lowest BCUT2D eigenvalue weighted by molar-refractivity contribution is 0.0702. The zero-order chi connectivity index (χ0) is 14.9. The van der Waals surface area contributed by atoms with Crippen LogP contribution in [0, 0.1) is 0 Å². The van der Waals surface area contributed by atoms with Crippen LogP contribution in [0.25, 0.3) is 10.1 Å². The highest BCUT2D eigenvalue weighted by Gasteiger charge is 2.33. The Balaban J connectivity index is 2.41. The molecule has 2 N–H and O–H groups in total. The first-order valence-corrected chi connectivity index (χ1v) is 8.19. The Morgan fingerprint density at radius 2 is 2.20 bits per heavy atom. The van der Waals surface area contributed by atoms with E-state index in [0.29, 0.717) is 10.1 Å². The van der Waals surface area contributed by atoms with Gasteiger partial charge in [-0.3, -0.25) is 4.57 Å². The quantitative estimate of drug-likeness (QED) is 0.819. The van der Waals surface area contributed by atoms with Gasteiger partial charge < -0.3 is 14.5 Å². The minimum Gasteiger partial charge on any atom is -0.477 e. The molecule has 2 rings (SSSR count). The SMILES string of the molecule is CCOP(=O)(O)C(F)c1ccc2sc(C(=O)O)cc2c1. The van der Waals surface area contributed by atoms with Crippen LogP contribution in [0.15, 0.2) is 24.3 Å². The van der Waals surface area contributed by atoms with Crippen molar-refractivity contribution in [2.24, 2.45) is 0 Å². The maximum absolute atomic E-state index is 14.0. The summed E-state index contributed by atoms with van der Waals surface area (Å²) in [4.78, 5) is 20.5. The van der Waals surface area contributed by atoms with Gasteiger partial charge >= 0.3 is 13.6 Å². The average Bonchev–Trinajstić information content (AvgIpc) is 2.80. The predicted molar refractivity (Wildman–Crippen MR) is 74.1 cm³/mol. The number of carboxylic acids is 1. The lowest BCUT2D eigenvalue weighted by Gasteiger charge is -2.15. The number of alkyl halides is 1. The van der Waals surface area contributed by atoms with Crippen molar-refractivity contribution >= 4 is 35.0 Å². The first kappa shape index (κ1) is 15.1. The summed E-state index contributed by atoms with van der Waals surface area (Å²) in [5.74, 6) is -3.22. The van der Waals surface area contributed by atoms with Crippen molar-refractivity contribution in [3.63, 3.8) is 0 Å². The van der Waals surface area contributed by atoms with Gasteiger partial charge in [-0.05, 0) is 36.1 Å². The van der Waals surface area contributed by atoms with E-state index in [1.807, 2.05) is 0 Å². The van der Waals surface area contributed by atoms with Gasteiger partial charge in [0.15, 0.2) is 0 Å². The Hall–Kier alpha value is -1.27. The molecule has 0 bridgehead atoms. The van der Waals surface area contributed by atoms with Crippen molar-refractivity contribution in [2.75, 3.05) is 6.61 Å². The Morgan fingerprint density at radius 1 is 1.50 bits per heavy atom. The molecule has 0 aliphatic rings. The normalized spacial score (nSPS) is 15.9. The van der Waals surface area contributed by atoms with Crippen LogP contribution in [-0.2, 0) is 9.09 Å². The van der Waals surface area contributed by atoms with E-state index < -0.39 is 19.5 Å². The standard InChI is InChI=1S/C12H12FO5PS/c1-2-18-19(16,17)11(13)7-3-4-9-8(5-7)6-10(20-9)12(14)15/h3-6,11H,2H2,1H3,(H,14,15)(H,16,17). The molecule has 2 aromatic rings. The fourth-order valence-electron chi connectivity index (χ4n) is 1.75. The second kappa shape index (κ2) is 5.61. The number of hydrogen-bond donors (Lipinski definition) is 2. The third-order valence-corrected chi connectivity index (χ3v) is 5.23. The van der Waals surface area contributed by atoms with Crippen molar-refractivity contribution in [3.8, 4) is 0 Å². The topological polar surface area (TPSA) is 83.8 Å². The maximum atomic E-state index is 14.0. The minimum atomic E-state index is -4.38. The second-order valence-corrected chi connectivity index (χ2v) is 6.95. The summed E-state index contributed by atoms with van der Waals surface area (Å²) >= 11 is 1.06. The number of thiophene rings is 1. The monoisotopic (exact) mass is 318 g/mol. The number of carboxylic acid groups (broad SMARTS) is 1. The number of halogens is 1. The van der Waals surface area contributed by atoms with Gasteiger partial charge in [0.05, 0.1) is 6.61 Å². The average molecular weight is 318 g/mol. The van der Waals surface area contributed by atoms with Crippen molar-refractivity contribution in [2.45, 2.75) is 12.8 Å². The highest BCUT2D eigenvalue weighted by molar-refractivity contribution is 7.53. The molecule has 8 heteroatoms. The van der Waals surface area contributed by atoms with Crippen LogP contribution in [0.3, 0.4) is 0 Å². The van der Waals surface area contributed by atoms with E-state index in [9.17, 15) is 18.6 Å². The van der Waals surface area contributed by atoms with Gasteiger partial charge in [-0.1, -0.05) is 6.07 Å². The Morgan fingerprint density at radius 3 is 2.80 bits per heavy atom. The molecular weight excluding hydrogens is 306 g/mol. The minimum absolute atomic E-state index is 0.00785. The van der Waals surface area contributed by atoms with Gasteiger partial charge in [0.1, 0.15) is 4.88 Å². The van der Waals surface area contributed by atoms with Crippen molar-refractivity contribution in [3.05, 3.63) is 34.7 Å². The number of rotatable bonds is 5. The van der Waals surface area contributed by atoms with E-state index in [2.05, 4.69) is 4.52 Å². The maximum Gasteiger partial charge on any atom is 0.366 e. The molecule has 1 aromatic heterocycles. The molecule has 2 unspecified atom stereocenters. The Bertz CT molecular complexity index is 698. The van der Waals surface area contributed by atoms with Crippen LogP contribution in [0.1, 0.15) is 28.1 Å². The van der Waals surface area contributed by atoms with Gasteiger partial charge in [0.25, 0.3) is 0 Å². The van der Waals surface area contributed by atoms with E-state index in [1.54, 1.807) is 0 Å². The van der Waals surface area contributed by atoms with Crippen LogP contribution in [0.5, 0.6) is 0 Å². The lowest BCUT2D eigenvalue weighted by atomic mass is 10.2. The highest BCUT2D eigenvalue weighted by Crippen LogP contribution is 2.57. The Kier molecular flexibility index (Phi) is 4.25. The molecule has 0 saturated carbocycles. The summed E-state index contributed by atoms with van der Waals surface area (Å²) < 4.78 is 30.9. The number of aromatic carboxylic acids is 1. The molecular formula is C12H12FO5PS. The molecule has 20 heavy (non-hydrogen) atoms. The summed E-state index contributed by atoms with van der Waals surface area (Å²) in [5, 5.41) is 9.41. The summed E-state index contributed by atoms with van der Waals surface area (Å²) in [6.07, 6.45) is 0. The molecule has 0 aliphatic carbocycles. The zero-order valence-corrected chi connectivity index (χ0v) is 12.2. The van der Waals surface area contributed by atoms with Gasteiger partial charge in [-0.25, -0.2) is 9.18 Å². The first-order valence-electron chi connectivity index (χ1n) is 5.73. The molecule has 5 nitrogen and oxygen atoms in total. The summed E-state index contributed by atoms with van der Waals surface area (Å²) in [6, 6.07) is 5.66. The van der Waals surface area contributed by atoms with Gasteiger partial charge in [0, 0.05) is 4.70 Å². The fraction of sp³-hybridized carbons (Fsp3) is 0.250. The summed E-state index contributed by atoms with van der Waals surface area (Å²) in [5.41, 5.74) is -0.00785. The molecule has 1 aromatic carbocycles. The number of benzene rings is 1. The van der Waals surface area contributed by atoms with Crippen LogP contribution in [-0.4, -0.2) is 22.6 Å². The molecule has 0 aliphatic heterocycles. The molecule has 0 radical (unpaired) electrons. The Labute approximate surface area is 118 Å². The van der Waals surface area contributed by atoms with Crippen LogP contribution < -0.4 is 0 Å².